The molecule has 0 unspecified atom stereocenters. The SMILES string of the molecule is Cc1ccc([N+](=O)[O-])cc1Oc1cnccc1C(=O)O. The number of carboxylic acid groups (broad SMARTS) is 1. The minimum absolute atomic E-state index is 0.0311. The van der Waals surface area contributed by atoms with Gasteiger partial charge in [0, 0.05) is 12.3 Å². The molecule has 0 fully saturated rings. The number of hydrogen-bond donors (Lipinski definition) is 1. The summed E-state index contributed by atoms with van der Waals surface area (Å²) in [4.78, 5) is 25.0. The van der Waals surface area contributed by atoms with Crippen LogP contribution in [0.1, 0.15) is 15.9 Å². The Hall–Kier alpha value is -2.96. The molecule has 1 heterocycles. The summed E-state index contributed by atoms with van der Waals surface area (Å²) >= 11 is 0. The lowest BCUT2D eigenvalue weighted by Crippen LogP contribution is -2.01. The van der Waals surface area contributed by atoms with Gasteiger partial charge >= 0.3 is 5.97 Å². The molecule has 7 heteroatoms. The maximum atomic E-state index is 11.1. The Morgan fingerprint density at radius 1 is 1.35 bits per heavy atom. The standard InChI is InChI=1S/C13H10N2O5/c1-8-2-3-9(15(18)19)6-11(8)20-12-7-14-5-4-10(12)13(16)17/h2-7H,1H3,(H,16,17). The Morgan fingerprint density at radius 2 is 2.10 bits per heavy atom. The first-order chi connectivity index (χ1) is 9.49. The van der Waals surface area contributed by atoms with Crippen LogP contribution in [0, 0.1) is 17.0 Å². The lowest BCUT2D eigenvalue weighted by Gasteiger charge is -2.10. The van der Waals surface area contributed by atoms with E-state index in [0.717, 1.165) is 0 Å². The number of aromatic nitrogens is 1. The van der Waals surface area contributed by atoms with Gasteiger partial charge in [0.25, 0.3) is 5.69 Å². The van der Waals surface area contributed by atoms with Crippen LogP contribution in [0.3, 0.4) is 0 Å². The number of nitrogens with zero attached hydrogens (tertiary/aromatic N) is 2. The molecule has 0 aliphatic rings. The van der Waals surface area contributed by atoms with Crippen molar-refractivity contribution >= 4 is 11.7 Å². The molecular weight excluding hydrogens is 264 g/mol. The molecule has 0 radical (unpaired) electrons. The van der Waals surface area contributed by atoms with Gasteiger partial charge in [-0.05, 0) is 24.6 Å². The second-order valence-electron chi connectivity index (χ2n) is 3.99. The average Bonchev–Trinajstić information content (AvgIpc) is 2.41. The van der Waals surface area contributed by atoms with Crippen molar-refractivity contribution in [3.8, 4) is 11.5 Å². The minimum atomic E-state index is -1.16. The predicted molar refractivity (Wildman–Crippen MR) is 69.1 cm³/mol. The van der Waals surface area contributed by atoms with Crippen molar-refractivity contribution in [3.05, 3.63) is 57.9 Å². The number of aryl methyl sites for hydroxylation is 1. The summed E-state index contributed by atoms with van der Waals surface area (Å²) in [5, 5.41) is 19.8. The highest BCUT2D eigenvalue weighted by molar-refractivity contribution is 5.90. The van der Waals surface area contributed by atoms with Gasteiger partial charge in [0.1, 0.15) is 11.3 Å². The Balaban J connectivity index is 2.42. The molecule has 2 rings (SSSR count). The summed E-state index contributed by atoms with van der Waals surface area (Å²) in [6.07, 6.45) is 2.58. The van der Waals surface area contributed by atoms with Crippen molar-refractivity contribution in [2.45, 2.75) is 6.92 Å². The highest BCUT2D eigenvalue weighted by atomic mass is 16.6. The number of ether oxygens (including phenoxy) is 1. The molecule has 2 aromatic rings. The third kappa shape index (κ3) is 2.72. The number of pyridine rings is 1. The molecule has 20 heavy (non-hydrogen) atoms. The number of benzene rings is 1. The Bertz CT molecular complexity index is 684. The molecule has 0 aliphatic heterocycles. The van der Waals surface area contributed by atoms with Gasteiger partial charge in [0.2, 0.25) is 0 Å². The van der Waals surface area contributed by atoms with Crippen LogP contribution in [-0.2, 0) is 0 Å². The molecule has 7 nitrogen and oxygen atoms in total. The van der Waals surface area contributed by atoms with Crippen LogP contribution in [0.5, 0.6) is 11.5 Å². The Kier molecular flexibility index (Phi) is 3.60. The summed E-state index contributed by atoms with van der Waals surface area (Å²) in [7, 11) is 0. The third-order valence-corrected chi connectivity index (χ3v) is 2.62. The van der Waals surface area contributed by atoms with Gasteiger partial charge in [0.05, 0.1) is 17.2 Å². The van der Waals surface area contributed by atoms with Crippen molar-refractivity contribution < 1.29 is 19.6 Å². The monoisotopic (exact) mass is 274 g/mol. The van der Waals surface area contributed by atoms with E-state index in [4.69, 9.17) is 9.84 Å². The van der Waals surface area contributed by atoms with Crippen molar-refractivity contribution in [2.24, 2.45) is 0 Å². The van der Waals surface area contributed by atoms with Crippen LogP contribution >= 0.6 is 0 Å². The molecule has 0 amide bonds. The van der Waals surface area contributed by atoms with E-state index >= 15 is 0 Å². The molecule has 0 saturated carbocycles. The van der Waals surface area contributed by atoms with Crippen LogP contribution in [0.4, 0.5) is 5.69 Å². The summed E-state index contributed by atoms with van der Waals surface area (Å²) in [6, 6.07) is 5.42. The first-order valence-corrected chi connectivity index (χ1v) is 5.59. The number of aromatic carboxylic acids is 1. The van der Waals surface area contributed by atoms with Gasteiger partial charge in [0.15, 0.2) is 5.75 Å². The normalized spacial score (nSPS) is 10.1. The minimum Gasteiger partial charge on any atom is -0.478 e. The van der Waals surface area contributed by atoms with E-state index in [1.165, 1.54) is 36.7 Å². The summed E-state index contributed by atoms with van der Waals surface area (Å²) in [5.41, 5.74) is 0.452. The zero-order valence-corrected chi connectivity index (χ0v) is 10.4. The number of carbonyl (C=O) groups is 1. The molecule has 0 saturated heterocycles. The molecule has 102 valence electrons. The molecule has 1 N–H and O–H groups in total. The second kappa shape index (κ2) is 5.35. The summed E-state index contributed by atoms with van der Waals surface area (Å²) < 4.78 is 5.44. The first-order valence-electron chi connectivity index (χ1n) is 5.59. The molecule has 0 atom stereocenters. The van der Waals surface area contributed by atoms with E-state index in [1.807, 2.05) is 0 Å². The molecule has 0 bridgehead atoms. The van der Waals surface area contributed by atoms with Gasteiger partial charge < -0.3 is 9.84 Å². The van der Waals surface area contributed by atoms with E-state index < -0.39 is 10.9 Å². The number of hydrogen-bond acceptors (Lipinski definition) is 5. The maximum Gasteiger partial charge on any atom is 0.339 e. The van der Waals surface area contributed by atoms with Crippen LogP contribution in [0.15, 0.2) is 36.7 Å². The van der Waals surface area contributed by atoms with Crippen molar-refractivity contribution in [1.82, 2.24) is 4.98 Å². The second-order valence-corrected chi connectivity index (χ2v) is 3.99. The van der Waals surface area contributed by atoms with E-state index in [0.29, 0.717) is 5.56 Å². The summed E-state index contributed by atoms with van der Waals surface area (Å²) in [5.74, 6) is -0.913. The zero-order valence-electron chi connectivity index (χ0n) is 10.4. The van der Waals surface area contributed by atoms with Crippen LogP contribution in [0.25, 0.3) is 0 Å². The lowest BCUT2D eigenvalue weighted by molar-refractivity contribution is -0.384. The molecule has 0 aliphatic carbocycles. The van der Waals surface area contributed by atoms with E-state index in [-0.39, 0.29) is 22.7 Å². The van der Waals surface area contributed by atoms with Crippen molar-refractivity contribution in [1.29, 1.82) is 0 Å². The van der Waals surface area contributed by atoms with Gasteiger partial charge in [-0.25, -0.2) is 4.79 Å². The number of nitro benzene ring substituents is 1. The topological polar surface area (TPSA) is 103 Å². The fraction of sp³-hybridized carbons (Fsp3) is 0.0769. The molecule has 0 spiro atoms. The van der Waals surface area contributed by atoms with Crippen LogP contribution in [0.2, 0.25) is 0 Å². The largest absolute Gasteiger partial charge is 0.478 e. The fourth-order valence-corrected chi connectivity index (χ4v) is 1.57. The molecular formula is C13H10N2O5. The van der Waals surface area contributed by atoms with Gasteiger partial charge in [-0.15, -0.1) is 0 Å². The van der Waals surface area contributed by atoms with Crippen molar-refractivity contribution in [3.63, 3.8) is 0 Å². The van der Waals surface area contributed by atoms with Crippen LogP contribution in [-0.4, -0.2) is 21.0 Å². The lowest BCUT2D eigenvalue weighted by atomic mass is 10.2. The van der Waals surface area contributed by atoms with E-state index in [9.17, 15) is 14.9 Å². The first kappa shape index (κ1) is 13.5. The number of rotatable bonds is 4. The summed E-state index contributed by atoms with van der Waals surface area (Å²) in [6.45, 7) is 1.70. The number of non-ortho nitro benzene ring substituents is 1. The van der Waals surface area contributed by atoms with Crippen molar-refractivity contribution in [2.75, 3.05) is 0 Å². The average molecular weight is 274 g/mol. The third-order valence-electron chi connectivity index (χ3n) is 2.62. The van der Waals surface area contributed by atoms with E-state index in [1.54, 1.807) is 6.92 Å². The fourth-order valence-electron chi connectivity index (χ4n) is 1.57. The van der Waals surface area contributed by atoms with Crippen LogP contribution < -0.4 is 4.74 Å². The maximum absolute atomic E-state index is 11.1. The highest BCUT2D eigenvalue weighted by Crippen LogP contribution is 2.30. The smallest absolute Gasteiger partial charge is 0.339 e. The Morgan fingerprint density at radius 3 is 2.75 bits per heavy atom. The van der Waals surface area contributed by atoms with Gasteiger partial charge in [-0.3, -0.25) is 15.1 Å². The zero-order chi connectivity index (χ0) is 14.7. The van der Waals surface area contributed by atoms with E-state index in [2.05, 4.69) is 4.98 Å². The van der Waals surface area contributed by atoms with Gasteiger partial charge in [-0.1, -0.05) is 0 Å². The van der Waals surface area contributed by atoms with Gasteiger partial charge in [-0.2, -0.15) is 0 Å². The molecule has 1 aromatic carbocycles. The Labute approximate surface area is 113 Å². The quantitative estimate of drug-likeness (QED) is 0.679. The predicted octanol–water partition coefficient (Wildman–Crippen LogP) is 2.79. The number of carboxylic acids is 1. The molecule has 1 aromatic heterocycles. The highest BCUT2D eigenvalue weighted by Gasteiger charge is 2.15. The number of nitro groups is 1.